The molecule has 0 bridgehead atoms. The second kappa shape index (κ2) is 5.56. The van der Waals surface area contributed by atoms with E-state index in [1.165, 1.54) is 35.1 Å². The molecule has 108 valence electrons. The van der Waals surface area contributed by atoms with Crippen molar-refractivity contribution in [1.82, 2.24) is 9.97 Å². The van der Waals surface area contributed by atoms with Crippen LogP contribution < -0.4 is 5.43 Å². The largest absolute Gasteiger partial charge is 0.261 e. The third kappa shape index (κ3) is 2.46. The zero-order chi connectivity index (χ0) is 14.1. The van der Waals surface area contributed by atoms with Crippen molar-refractivity contribution in [2.24, 2.45) is 11.0 Å². The lowest BCUT2D eigenvalue weighted by atomic mass is 9.96. The maximum atomic E-state index is 4.43. The molecule has 2 aliphatic carbocycles. The highest BCUT2D eigenvalue weighted by Gasteiger charge is 2.20. The third-order valence-corrected chi connectivity index (χ3v) is 5.47. The van der Waals surface area contributed by atoms with Gasteiger partial charge < -0.3 is 0 Å². The normalized spacial score (nSPS) is 21.2. The summed E-state index contributed by atoms with van der Waals surface area (Å²) in [6, 6.07) is 0. The van der Waals surface area contributed by atoms with Gasteiger partial charge in [-0.1, -0.05) is 12.2 Å². The van der Waals surface area contributed by atoms with Gasteiger partial charge in [0, 0.05) is 11.1 Å². The van der Waals surface area contributed by atoms with Crippen LogP contribution in [-0.2, 0) is 12.8 Å². The Morgan fingerprint density at radius 2 is 2.29 bits per heavy atom. The molecule has 0 radical (unpaired) electrons. The SMILES string of the molecule is C1=CC[C@H](/C=N\Nc2ncnc3sc4c(c23)CCC4)CC1. The Morgan fingerprint density at radius 3 is 3.19 bits per heavy atom. The molecule has 1 atom stereocenters. The number of rotatable bonds is 3. The van der Waals surface area contributed by atoms with Gasteiger partial charge in [0.05, 0.1) is 5.39 Å². The molecule has 1 N–H and O–H groups in total. The Balaban J connectivity index is 1.58. The lowest BCUT2D eigenvalue weighted by Crippen LogP contribution is -2.05. The summed E-state index contributed by atoms with van der Waals surface area (Å²) in [5.74, 6) is 1.41. The summed E-state index contributed by atoms with van der Waals surface area (Å²) in [6.07, 6.45) is 15.2. The number of hydrazone groups is 1. The molecule has 4 nitrogen and oxygen atoms in total. The van der Waals surface area contributed by atoms with Gasteiger partial charge in [-0.15, -0.1) is 11.3 Å². The van der Waals surface area contributed by atoms with Crippen LogP contribution in [0.4, 0.5) is 5.82 Å². The van der Waals surface area contributed by atoms with Gasteiger partial charge >= 0.3 is 0 Å². The van der Waals surface area contributed by atoms with E-state index in [9.17, 15) is 0 Å². The predicted octanol–water partition coefficient (Wildman–Crippen LogP) is 3.93. The summed E-state index contributed by atoms with van der Waals surface area (Å²) in [7, 11) is 0. The van der Waals surface area contributed by atoms with E-state index in [4.69, 9.17) is 0 Å². The number of aryl methyl sites for hydroxylation is 2. The number of nitrogens with zero attached hydrogens (tertiary/aromatic N) is 3. The molecule has 0 amide bonds. The van der Waals surface area contributed by atoms with Crippen molar-refractivity contribution in [3.8, 4) is 0 Å². The first-order chi connectivity index (χ1) is 10.4. The van der Waals surface area contributed by atoms with Crippen molar-refractivity contribution in [1.29, 1.82) is 0 Å². The van der Waals surface area contributed by atoms with E-state index in [2.05, 4.69) is 32.6 Å². The second-order valence-electron chi connectivity index (χ2n) is 5.69. The number of anilines is 1. The molecule has 0 saturated carbocycles. The lowest BCUT2D eigenvalue weighted by Gasteiger charge is -2.12. The number of allylic oxidation sites excluding steroid dienone is 2. The minimum atomic E-state index is 0.549. The highest BCUT2D eigenvalue weighted by atomic mass is 32.1. The average molecular weight is 298 g/mol. The number of aromatic nitrogens is 2. The van der Waals surface area contributed by atoms with E-state index in [1.807, 2.05) is 17.6 Å². The Labute approximate surface area is 128 Å². The molecular weight excluding hydrogens is 280 g/mol. The summed E-state index contributed by atoms with van der Waals surface area (Å²) >= 11 is 1.81. The standard InChI is InChI=1S/C16H18N4S/c1-2-5-11(6-3-1)9-19-20-15-14-12-7-4-8-13(12)21-16(14)18-10-17-15/h1-2,9-11H,3-8H2,(H,17,18,20)/b19-9-/t11-/m0/s1. The molecule has 0 fully saturated rings. The number of thiophene rings is 1. The van der Waals surface area contributed by atoms with Crippen molar-refractivity contribution < 1.29 is 0 Å². The van der Waals surface area contributed by atoms with E-state index >= 15 is 0 Å². The number of nitrogens with one attached hydrogen (secondary N) is 1. The molecule has 21 heavy (non-hydrogen) atoms. The molecule has 0 aliphatic heterocycles. The zero-order valence-electron chi connectivity index (χ0n) is 11.9. The van der Waals surface area contributed by atoms with Gasteiger partial charge in [0.1, 0.15) is 11.2 Å². The first kappa shape index (κ1) is 13.0. The molecule has 0 unspecified atom stereocenters. The molecule has 5 heteroatoms. The molecule has 2 aliphatic rings. The van der Waals surface area contributed by atoms with Gasteiger partial charge in [-0.25, -0.2) is 9.97 Å². The van der Waals surface area contributed by atoms with Crippen LogP contribution in [-0.4, -0.2) is 16.2 Å². The van der Waals surface area contributed by atoms with Crippen LogP contribution in [0.2, 0.25) is 0 Å². The Bertz CT molecular complexity index is 716. The van der Waals surface area contributed by atoms with Crippen molar-refractivity contribution >= 4 is 33.6 Å². The van der Waals surface area contributed by atoms with Crippen LogP contribution >= 0.6 is 11.3 Å². The van der Waals surface area contributed by atoms with Crippen LogP contribution in [0, 0.1) is 5.92 Å². The summed E-state index contributed by atoms with van der Waals surface area (Å²) in [6.45, 7) is 0. The number of hydrogen-bond donors (Lipinski definition) is 1. The summed E-state index contributed by atoms with van der Waals surface area (Å²) in [5, 5.41) is 5.62. The zero-order valence-corrected chi connectivity index (χ0v) is 12.7. The maximum absolute atomic E-state index is 4.43. The molecule has 4 rings (SSSR count). The number of fused-ring (bicyclic) bond motifs is 3. The maximum Gasteiger partial charge on any atom is 0.158 e. The van der Waals surface area contributed by atoms with Crippen molar-refractivity contribution in [2.75, 3.05) is 5.43 Å². The van der Waals surface area contributed by atoms with Gasteiger partial charge in [0.25, 0.3) is 0 Å². The molecule has 0 spiro atoms. The predicted molar refractivity (Wildman–Crippen MR) is 88.0 cm³/mol. The summed E-state index contributed by atoms with van der Waals surface area (Å²) < 4.78 is 0. The van der Waals surface area contributed by atoms with Crippen molar-refractivity contribution in [2.45, 2.75) is 38.5 Å². The molecular formula is C16H18N4S. The molecule has 2 heterocycles. The van der Waals surface area contributed by atoms with Crippen LogP contribution in [0.25, 0.3) is 10.2 Å². The smallest absolute Gasteiger partial charge is 0.158 e. The first-order valence-electron chi connectivity index (χ1n) is 7.61. The summed E-state index contributed by atoms with van der Waals surface area (Å²) in [5.41, 5.74) is 4.59. The third-order valence-electron chi connectivity index (χ3n) is 4.27. The number of hydrogen-bond acceptors (Lipinski definition) is 5. The van der Waals surface area contributed by atoms with E-state index in [0.29, 0.717) is 5.92 Å². The van der Waals surface area contributed by atoms with Gasteiger partial charge in [-0.3, -0.25) is 5.43 Å². The topological polar surface area (TPSA) is 50.2 Å². The molecule has 0 aromatic carbocycles. The Hall–Kier alpha value is -1.75. The monoisotopic (exact) mass is 298 g/mol. The first-order valence-corrected chi connectivity index (χ1v) is 8.43. The van der Waals surface area contributed by atoms with E-state index in [-0.39, 0.29) is 0 Å². The van der Waals surface area contributed by atoms with Crippen molar-refractivity contribution in [3.63, 3.8) is 0 Å². The fraction of sp³-hybridized carbons (Fsp3) is 0.438. The van der Waals surface area contributed by atoms with Crippen LogP contribution in [0.5, 0.6) is 0 Å². The Kier molecular flexibility index (Phi) is 3.43. The second-order valence-corrected chi connectivity index (χ2v) is 6.78. The minimum absolute atomic E-state index is 0.549. The molecule has 2 aromatic rings. The van der Waals surface area contributed by atoms with Gasteiger partial charge in [-0.05, 0) is 50.0 Å². The molecule has 2 aromatic heterocycles. The highest BCUT2D eigenvalue weighted by Crippen LogP contribution is 2.38. The van der Waals surface area contributed by atoms with Gasteiger partial charge in [-0.2, -0.15) is 5.10 Å². The minimum Gasteiger partial charge on any atom is -0.261 e. The Morgan fingerprint density at radius 1 is 1.29 bits per heavy atom. The quantitative estimate of drug-likeness (QED) is 0.530. The fourth-order valence-corrected chi connectivity index (χ4v) is 4.40. The summed E-state index contributed by atoms with van der Waals surface area (Å²) in [4.78, 5) is 11.4. The average Bonchev–Trinajstić information content (AvgIpc) is 3.09. The van der Waals surface area contributed by atoms with E-state index < -0.39 is 0 Å². The lowest BCUT2D eigenvalue weighted by molar-refractivity contribution is 0.627. The van der Waals surface area contributed by atoms with Crippen LogP contribution in [0.3, 0.4) is 0 Å². The van der Waals surface area contributed by atoms with Gasteiger partial charge in [0.15, 0.2) is 5.82 Å². The molecule has 0 saturated heterocycles. The van der Waals surface area contributed by atoms with E-state index in [0.717, 1.165) is 29.9 Å². The van der Waals surface area contributed by atoms with Gasteiger partial charge in [0.2, 0.25) is 0 Å². The van der Waals surface area contributed by atoms with Crippen LogP contribution in [0.15, 0.2) is 23.6 Å². The van der Waals surface area contributed by atoms with Crippen LogP contribution in [0.1, 0.15) is 36.1 Å². The fourth-order valence-electron chi connectivity index (χ4n) is 3.17. The highest BCUT2D eigenvalue weighted by molar-refractivity contribution is 7.19. The van der Waals surface area contributed by atoms with E-state index in [1.54, 1.807) is 6.33 Å². The van der Waals surface area contributed by atoms with Crippen molar-refractivity contribution in [3.05, 3.63) is 28.9 Å².